The molecule has 0 aromatic heterocycles. The fourth-order valence-electron chi connectivity index (χ4n) is 1.33. The molecule has 0 N–H and O–H groups in total. The molecule has 134 valence electrons. The highest BCUT2D eigenvalue weighted by Crippen LogP contribution is 2.62. The molecule has 1 unspecified atom stereocenters. The van der Waals surface area contributed by atoms with Gasteiger partial charge in [0, 0.05) is 6.92 Å². The summed E-state index contributed by atoms with van der Waals surface area (Å²) >= 11 is 0. The maximum Gasteiger partial charge on any atom is 0.435 e. The molecular weight excluding hydrogens is 352 g/mol. The van der Waals surface area contributed by atoms with Crippen molar-refractivity contribution < 1.29 is 57.4 Å². The summed E-state index contributed by atoms with van der Waals surface area (Å²) in [6, 6.07) is 0. The van der Waals surface area contributed by atoms with Crippen LogP contribution in [0.1, 0.15) is 13.8 Å². The zero-order chi connectivity index (χ0) is 18.4. The average Bonchev–Trinajstić information content (AvgIpc) is 2.23. The zero-order valence-corrected chi connectivity index (χ0v) is 10.7. The molecule has 1 atom stereocenters. The second-order valence-corrected chi connectivity index (χ2v) is 4.14. The van der Waals surface area contributed by atoms with Crippen LogP contribution < -0.4 is 0 Å². The van der Waals surface area contributed by atoms with E-state index in [1.807, 2.05) is 0 Å². The SMILES string of the molecule is CCOC(F)(F)C(F)(F)C(F)(C(F)(F)F)C(F)(F)C(C)(F)F. The van der Waals surface area contributed by atoms with Gasteiger partial charge in [-0.05, 0) is 6.92 Å². The Balaban J connectivity index is 6.52. The summed E-state index contributed by atoms with van der Waals surface area (Å²) in [4.78, 5) is 0. The van der Waals surface area contributed by atoms with Crippen LogP contribution >= 0.6 is 0 Å². The Morgan fingerprint density at radius 2 is 1.05 bits per heavy atom. The summed E-state index contributed by atoms with van der Waals surface area (Å²) in [5.41, 5.74) is -7.59. The van der Waals surface area contributed by atoms with E-state index >= 15 is 0 Å². The first-order chi connectivity index (χ1) is 9.31. The molecule has 0 aromatic carbocycles. The average molecular weight is 360 g/mol. The van der Waals surface area contributed by atoms with Crippen molar-refractivity contribution in [2.75, 3.05) is 6.61 Å². The second kappa shape index (κ2) is 5.34. The number of hydrogen-bond acceptors (Lipinski definition) is 1. The van der Waals surface area contributed by atoms with Crippen molar-refractivity contribution in [2.24, 2.45) is 0 Å². The lowest BCUT2D eigenvalue weighted by Crippen LogP contribution is -2.75. The van der Waals surface area contributed by atoms with Crippen LogP contribution in [0.3, 0.4) is 0 Å². The predicted octanol–water partition coefficient (Wildman–Crippen LogP) is 4.81. The van der Waals surface area contributed by atoms with Crippen molar-refractivity contribution in [1.82, 2.24) is 0 Å². The lowest BCUT2D eigenvalue weighted by Gasteiger charge is -2.43. The first-order valence-corrected chi connectivity index (χ1v) is 5.22. The fourth-order valence-corrected chi connectivity index (χ4v) is 1.33. The van der Waals surface area contributed by atoms with Gasteiger partial charge in [-0.2, -0.15) is 39.5 Å². The van der Waals surface area contributed by atoms with E-state index in [0.717, 1.165) is 0 Å². The van der Waals surface area contributed by atoms with Gasteiger partial charge in [-0.1, -0.05) is 0 Å². The Labute approximate surface area is 115 Å². The molecule has 0 aliphatic rings. The molecule has 0 bridgehead atoms. The van der Waals surface area contributed by atoms with Gasteiger partial charge in [0.2, 0.25) is 0 Å². The van der Waals surface area contributed by atoms with E-state index < -0.39 is 49.3 Å². The molecular formula is C9H8F12O. The molecule has 0 radical (unpaired) electrons. The quantitative estimate of drug-likeness (QED) is 0.618. The maximum atomic E-state index is 13.5. The van der Waals surface area contributed by atoms with E-state index in [2.05, 4.69) is 4.74 Å². The maximum absolute atomic E-state index is 13.5. The van der Waals surface area contributed by atoms with E-state index in [9.17, 15) is 52.7 Å². The summed E-state index contributed by atoms with van der Waals surface area (Å²) in [6.07, 6.45) is -13.9. The fraction of sp³-hybridized carbons (Fsp3) is 1.00. The molecule has 0 fully saturated rings. The molecule has 0 aromatic rings. The first kappa shape index (κ1) is 21.1. The minimum absolute atomic E-state index is 0.546. The van der Waals surface area contributed by atoms with Gasteiger partial charge in [0.1, 0.15) is 0 Å². The van der Waals surface area contributed by atoms with E-state index in [0.29, 0.717) is 6.92 Å². The van der Waals surface area contributed by atoms with E-state index in [-0.39, 0.29) is 0 Å². The molecule has 0 amide bonds. The Morgan fingerprint density at radius 1 is 0.682 bits per heavy atom. The Bertz CT molecular complexity index is 394. The Hall–Kier alpha value is -0.880. The van der Waals surface area contributed by atoms with E-state index in [1.165, 1.54) is 0 Å². The van der Waals surface area contributed by atoms with E-state index in [4.69, 9.17) is 0 Å². The summed E-state index contributed by atoms with van der Waals surface area (Å²) < 4.78 is 157. The van der Waals surface area contributed by atoms with Gasteiger partial charge in [-0.25, -0.2) is 13.2 Å². The van der Waals surface area contributed by atoms with Gasteiger partial charge in [-0.3, -0.25) is 0 Å². The van der Waals surface area contributed by atoms with Crippen LogP contribution in [-0.4, -0.2) is 42.3 Å². The normalized spacial score (nSPS) is 18.3. The smallest absolute Gasteiger partial charge is 0.316 e. The third-order valence-corrected chi connectivity index (χ3v) is 2.50. The number of halogens is 12. The minimum Gasteiger partial charge on any atom is -0.316 e. The number of rotatable bonds is 6. The summed E-state index contributed by atoms with van der Waals surface area (Å²) in [5.74, 6) is -20.6. The van der Waals surface area contributed by atoms with Crippen LogP contribution in [0.4, 0.5) is 52.7 Å². The standard InChI is InChI=1S/C9H8F12O/c1-3-22-9(20,21)7(15,16)5(12,8(17,18)19)6(13,14)4(2,10)11/h3H2,1-2H3. The van der Waals surface area contributed by atoms with Crippen LogP contribution in [-0.2, 0) is 4.74 Å². The molecule has 0 saturated carbocycles. The highest BCUT2D eigenvalue weighted by molar-refractivity contribution is 5.15. The lowest BCUT2D eigenvalue weighted by atomic mass is 9.85. The molecule has 0 spiro atoms. The second-order valence-electron chi connectivity index (χ2n) is 4.14. The third kappa shape index (κ3) is 2.71. The molecule has 0 heterocycles. The monoisotopic (exact) mass is 360 g/mol. The Morgan fingerprint density at radius 3 is 1.27 bits per heavy atom. The van der Waals surface area contributed by atoms with Crippen molar-refractivity contribution in [1.29, 1.82) is 0 Å². The van der Waals surface area contributed by atoms with Crippen molar-refractivity contribution in [3.8, 4) is 0 Å². The van der Waals surface area contributed by atoms with Crippen LogP contribution in [0.25, 0.3) is 0 Å². The number of hydrogen-bond donors (Lipinski definition) is 0. The summed E-state index contributed by atoms with van der Waals surface area (Å²) in [6.45, 7) is -1.92. The van der Waals surface area contributed by atoms with Crippen molar-refractivity contribution in [3.05, 3.63) is 0 Å². The van der Waals surface area contributed by atoms with Gasteiger partial charge >= 0.3 is 35.7 Å². The molecule has 0 aliphatic heterocycles. The van der Waals surface area contributed by atoms with Crippen molar-refractivity contribution in [3.63, 3.8) is 0 Å². The lowest BCUT2D eigenvalue weighted by molar-refractivity contribution is -0.461. The predicted molar refractivity (Wildman–Crippen MR) is 47.0 cm³/mol. The van der Waals surface area contributed by atoms with Crippen LogP contribution in [0, 0.1) is 0 Å². The van der Waals surface area contributed by atoms with Crippen molar-refractivity contribution in [2.45, 2.75) is 49.6 Å². The van der Waals surface area contributed by atoms with Gasteiger partial charge in [0.15, 0.2) is 0 Å². The molecule has 22 heavy (non-hydrogen) atoms. The van der Waals surface area contributed by atoms with Crippen LogP contribution in [0.5, 0.6) is 0 Å². The Kier molecular flexibility index (Phi) is 5.12. The van der Waals surface area contributed by atoms with Gasteiger partial charge < -0.3 is 4.74 Å². The third-order valence-electron chi connectivity index (χ3n) is 2.50. The summed E-state index contributed by atoms with van der Waals surface area (Å²) in [7, 11) is 0. The highest BCUT2D eigenvalue weighted by Gasteiger charge is 2.93. The van der Waals surface area contributed by atoms with Crippen molar-refractivity contribution >= 4 is 0 Å². The summed E-state index contributed by atoms with van der Waals surface area (Å²) in [5, 5.41) is 0. The highest BCUT2D eigenvalue weighted by atomic mass is 19.4. The number of alkyl halides is 12. The first-order valence-electron chi connectivity index (χ1n) is 5.22. The minimum atomic E-state index is -7.59. The molecule has 0 saturated heterocycles. The van der Waals surface area contributed by atoms with Gasteiger partial charge in [0.25, 0.3) is 0 Å². The molecule has 0 aliphatic carbocycles. The molecule has 0 rings (SSSR count). The number of ether oxygens (including phenoxy) is 1. The molecule has 13 heteroatoms. The van der Waals surface area contributed by atoms with Crippen LogP contribution in [0.15, 0.2) is 0 Å². The van der Waals surface area contributed by atoms with Crippen LogP contribution in [0.2, 0.25) is 0 Å². The topological polar surface area (TPSA) is 9.23 Å². The van der Waals surface area contributed by atoms with E-state index in [1.54, 1.807) is 0 Å². The largest absolute Gasteiger partial charge is 0.435 e. The van der Waals surface area contributed by atoms with Gasteiger partial charge in [0.05, 0.1) is 6.61 Å². The zero-order valence-electron chi connectivity index (χ0n) is 10.7. The molecule has 1 nitrogen and oxygen atoms in total. The van der Waals surface area contributed by atoms with Gasteiger partial charge in [-0.15, -0.1) is 0 Å².